The first-order valence-corrected chi connectivity index (χ1v) is 4.99. The minimum atomic E-state index is -0.886. The Labute approximate surface area is 102 Å². The fraction of sp³-hybridized carbons (Fsp3) is 0.200. The SMILES string of the molecule is [N-]=[N+]=Nc1ccc(C(=O)NCCOC(N)=O)cc1. The highest BCUT2D eigenvalue weighted by Gasteiger charge is 2.04. The molecule has 0 saturated heterocycles. The molecule has 0 heterocycles. The van der Waals surface area contributed by atoms with Crippen LogP contribution in [0.2, 0.25) is 0 Å². The lowest BCUT2D eigenvalue weighted by Crippen LogP contribution is -2.28. The topological polar surface area (TPSA) is 130 Å². The van der Waals surface area contributed by atoms with Crippen molar-refractivity contribution in [3.8, 4) is 0 Å². The maximum atomic E-state index is 11.6. The number of nitrogens with two attached hydrogens (primary N) is 1. The van der Waals surface area contributed by atoms with Crippen LogP contribution in [0.15, 0.2) is 29.4 Å². The number of hydrogen-bond donors (Lipinski definition) is 2. The molecular formula is C10H11N5O3. The van der Waals surface area contributed by atoms with Crippen molar-refractivity contribution in [1.82, 2.24) is 5.32 Å². The number of nitrogens with zero attached hydrogens (tertiary/aromatic N) is 3. The van der Waals surface area contributed by atoms with E-state index < -0.39 is 6.09 Å². The predicted octanol–water partition coefficient (Wildman–Crippen LogP) is 1.45. The van der Waals surface area contributed by atoms with Crippen LogP contribution < -0.4 is 11.1 Å². The van der Waals surface area contributed by atoms with Gasteiger partial charge in [-0.15, -0.1) is 0 Å². The fourth-order valence-corrected chi connectivity index (χ4v) is 1.15. The molecule has 0 aliphatic heterocycles. The van der Waals surface area contributed by atoms with E-state index >= 15 is 0 Å². The van der Waals surface area contributed by atoms with Crippen molar-refractivity contribution in [2.24, 2.45) is 10.8 Å². The summed E-state index contributed by atoms with van der Waals surface area (Å²) >= 11 is 0. The first kappa shape index (κ1) is 13.3. The van der Waals surface area contributed by atoms with Crippen molar-refractivity contribution in [2.45, 2.75) is 0 Å². The second-order valence-corrected chi connectivity index (χ2v) is 3.16. The highest BCUT2D eigenvalue weighted by molar-refractivity contribution is 5.94. The van der Waals surface area contributed by atoms with Gasteiger partial charge in [0.15, 0.2) is 0 Å². The van der Waals surface area contributed by atoms with E-state index in [0.29, 0.717) is 11.3 Å². The van der Waals surface area contributed by atoms with Crippen molar-refractivity contribution < 1.29 is 14.3 Å². The van der Waals surface area contributed by atoms with Crippen LogP contribution in [-0.2, 0) is 4.74 Å². The van der Waals surface area contributed by atoms with Gasteiger partial charge >= 0.3 is 6.09 Å². The molecule has 8 nitrogen and oxygen atoms in total. The third-order valence-corrected chi connectivity index (χ3v) is 1.92. The molecule has 0 bridgehead atoms. The number of benzene rings is 1. The van der Waals surface area contributed by atoms with E-state index in [2.05, 4.69) is 20.1 Å². The molecule has 1 aromatic carbocycles. The molecule has 0 radical (unpaired) electrons. The minimum absolute atomic E-state index is 0.0118. The van der Waals surface area contributed by atoms with E-state index in [1.807, 2.05) is 0 Å². The molecule has 0 saturated carbocycles. The number of rotatable bonds is 5. The Morgan fingerprint density at radius 2 is 2.06 bits per heavy atom. The number of amides is 2. The monoisotopic (exact) mass is 249 g/mol. The Morgan fingerprint density at radius 3 is 2.61 bits per heavy atom. The Balaban J connectivity index is 2.46. The van der Waals surface area contributed by atoms with Crippen LogP contribution >= 0.6 is 0 Å². The van der Waals surface area contributed by atoms with Crippen molar-refractivity contribution in [1.29, 1.82) is 0 Å². The first-order valence-electron chi connectivity index (χ1n) is 4.99. The lowest BCUT2D eigenvalue weighted by Gasteiger charge is -2.05. The van der Waals surface area contributed by atoms with Gasteiger partial charge in [0.25, 0.3) is 5.91 Å². The number of hydrogen-bond acceptors (Lipinski definition) is 4. The molecule has 0 aliphatic rings. The molecule has 0 aromatic heterocycles. The van der Waals surface area contributed by atoms with Gasteiger partial charge in [0.05, 0.1) is 6.54 Å². The van der Waals surface area contributed by atoms with Crippen LogP contribution in [-0.4, -0.2) is 25.2 Å². The molecule has 0 spiro atoms. The Kier molecular flexibility index (Phi) is 5.01. The largest absolute Gasteiger partial charge is 0.448 e. The van der Waals surface area contributed by atoms with Crippen LogP contribution in [0.25, 0.3) is 10.4 Å². The van der Waals surface area contributed by atoms with Crippen LogP contribution in [0.1, 0.15) is 10.4 Å². The van der Waals surface area contributed by atoms with Crippen LogP contribution in [0.3, 0.4) is 0 Å². The summed E-state index contributed by atoms with van der Waals surface area (Å²) in [6, 6.07) is 6.09. The van der Waals surface area contributed by atoms with Gasteiger partial charge in [0, 0.05) is 16.2 Å². The zero-order chi connectivity index (χ0) is 13.4. The van der Waals surface area contributed by atoms with Crippen LogP contribution in [0.5, 0.6) is 0 Å². The van der Waals surface area contributed by atoms with Gasteiger partial charge < -0.3 is 15.8 Å². The number of azide groups is 1. The fourth-order valence-electron chi connectivity index (χ4n) is 1.15. The second kappa shape index (κ2) is 6.77. The molecule has 94 valence electrons. The third-order valence-electron chi connectivity index (χ3n) is 1.92. The maximum absolute atomic E-state index is 11.6. The molecule has 1 rings (SSSR count). The predicted molar refractivity (Wildman–Crippen MR) is 63.1 cm³/mol. The van der Waals surface area contributed by atoms with Crippen molar-refractivity contribution in [3.63, 3.8) is 0 Å². The normalized spacial score (nSPS) is 9.11. The van der Waals surface area contributed by atoms with E-state index in [4.69, 9.17) is 11.3 Å². The van der Waals surface area contributed by atoms with E-state index in [9.17, 15) is 9.59 Å². The number of carbonyl (C=O) groups excluding carboxylic acids is 2. The van der Waals surface area contributed by atoms with Crippen molar-refractivity contribution in [3.05, 3.63) is 40.3 Å². The summed E-state index contributed by atoms with van der Waals surface area (Å²) in [5, 5.41) is 5.91. The highest BCUT2D eigenvalue weighted by atomic mass is 16.5. The van der Waals surface area contributed by atoms with Crippen molar-refractivity contribution >= 4 is 17.7 Å². The van der Waals surface area contributed by atoms with Gasteiger partial charge in [-0.1, -0.05) is 17.2 Å². The molecule has 1 aromatic rings. The van der Waals surface area contributed by atoms with Crippen LogP contribution in [0, 0.1) is 0 Å². The Morgan fingerprint density at radius 1 is 1.39 bits per heavy atom. The maximum Gasteiger partial charge on any atom is 0.404 e. The first-order chi connectivity index (χ1) is 8.63. The number of carbonyl (C=O) groups is 2. The van der Waals surface area contributed by atoms with Gasteiger partial charge in [0.2, 0.25) is 0 Å². The van der Waals surface area contributed by atoms with Crippen LogP contribution in [0.4, 0.5) is 10.5 Å². The second-order valence-electron chi connectivity index (χ2n) is 3.16. The summed E-state index contributed by atoms with van der Waals surface area (Å²) in [6.45, 7) is 0.178. The number of nitrogens with one attached hydrogen (secondary N) is 1. The molecule has 0 unspecified atom stereocenters. The summed E-state index contributed by atoms with van der Waals surface area (Å²) in [7, 11) is 0. The van der Waals surface area contributed by atoms with E-state index in [1.165, 1.54) is 24.3 Å². The molecular weight excluding hydrogens is 238 g/mol. The Hall–Kier alpha value is -2.73. The average Bonchev–Trinajstić information content (AvgIpc) is 2.35. The summed E-state index contributed by atoms with van der Waals surface area (Å²) in [6.07, 6.45) is -0.886. The molecule has 8 heteroatoms. The standard InChI is InChI=1S/C10H11N5O3/c11-10(17)18-6-5-13-9(16)7-1-3-8(4-2-7)14-15-12/h1-4H,5-6H2,(H2,11,17)(H,13,16). The average molecular weight is 249 g/mol. The smallest absolute Gasteiger partial charge is 0.404 e. The lowest BCUT2D eigenvalue weighted by molar-refractivity contribution is 0.0937. The summed E-state index contributed by atoms with van der Waals surface area (Å²) in [4.78, 5) is 24.5. The molecule has 0 atom stereocenters. The summed E-state index contributed by atoms with van der Waals surface area (Å²) in [5.74, 6) is -0.324. The van der Waals surface area contributed by atoms with Gasteiger partial charge in [-0.05, 0) is 17.7 Å². The molecule has 2 amide bonds. The molecule has 0 fully saturated rings. The molecule has 18 heavy (non-hydrogen) atoms. The van der Waals surface area contributed by atoms with E-state index in [0.717, 1.165) is 0 Å². The highest BCUT2D eigenvalue weighted by Crippen LogP contribution is 2.12. The number of ether oxygens (including phenoxy) is 1. The van der Waals surface area contributed by atoms with Gasteiger partial charge in [-0.3, -0.25) is 4.79 Å². The molecule has 0 aliphatic carbocycles. The van der Waals surface area contributed by atoms with E-state index in [-0.39, 0.29) is 19.1 Å². The minimum Gasteiger partial charge on any atom is -0.448 e. The van der Waals surface area contributed by atoms with Crippen molar-refractivity contribution in [2.75, 3.05) is 13.2 Å². The van der Waals surface area contributed by atoms with Gasteiger partial charge in [-0.2, -0.15) is 0 Å². The number of primary amides is 1. The third kappa shape index (κ3) is 4.42. The summed E-state index contributed by atoms with van der Waals surface area (Å²) in [5.41, 5.74) is 13.8. The molecule has 3 N–H and O–H groups in total. The van der Waals surface area contributed by atoms with E-state index in [1.54, 1.807) is 0 Å². The van der Waals surface area contributed by atoms with Gasteiger partial charge in [0.1, 0.15) is 6.61 Å². The zero-order valence-electron chi connectivity index (χ0n) is 9.37. The quantitative estimate of drug-likeness (QED) is 0.354. The lowest BCUT2D eigenvalue weighted by atomic mass is 10.2. The zero-order valence-corrected chi connectivity index (χ0v) is 9.37. The van der Waals surface area contributed by atoms with Gasteiger partial charge in [-0.25, -0.2) is 4.79 Å². The summed E-state index contributed by atoms with van der Waals surface area (Å²) < 4.78 is 4.45. The Bertz CT molecular complexity index is 479.